The van der Waals surface area contributed by atoms with E-state index < -0.39 is 10.7 Å². The molecule has 1 aromatic heterocycles. The van der Waals surface area contributed by atoms with Gasteiger partial charge in [-0.05, 0) is 30.7 Å². The number of benzene rings is 1. The Kier molecular flexibility index (Phi) is 4.37. The Morgan fingerprint density at radius 1 is 1.43 bits per heavy atom. The largest absolute Gasteiger partial charge is 0.355 e. The lowest BCUT2D eigenvalue weighted by molar-refractivity contribution is -0.385. The highest BCUT2D eigenvalue weighted by molar-refractivity contribution is 6.31. The van der Waals surface area contributed by atoms with Crippen molar-refractivity contribution in [2.45, 2.75) is 13.5 Å². The highest BCUT2D eigenvalue weighted by atomic mass is 35.5. The first-order chi connectivity index (χ1) is 9.88. The van der Waals surface area contributed by atoms with Gasteiger partial charge in [0.15, 0.2) is 0 Å². The van der Waals surface area contributed by atoms with E-state index in [0.717, 1.165) is 5.56 Å². The number of anilines is 1. The summed E-state index contributed by atoms with van der Waals surface area (Å²) in [6.07, 6.45) is 1.23. The van der Waals surface area contributed by atoms with E-state index >= 15 is 0 Å². The second kappa shape index (κ2) is 6.05. The lowest BCUT2D eigenvalue weighted by Gasteiger charge is -2.19. The summed E-state index contributed by atoms with van der Waals surface area (Å²) in [4.78, 5) is 16.2. The van der Waals surface area contributed by atoms with Crippen molar-refractivity contribution < 1.29 is 9.31 Å². The third-order valence-electron chi connectivity index (χ3n) is 3.08. The molecule has 0 aliphatic heterocycles. The standard InChI is InChI=1S/C14H13ClFN3O2/c1-9-5-14(17-7-13(9)19(20)21)18(2)8-10-3-4-11(16)6-12(10)15/h3-7H,8H2,1-2H3. The average Bonchev–Trinajstić information content (AvgIpc) is 2.41. The van der Waals surface area contributed by atoms with E-state index in [1.54, 1.807) is 31.0 Å². The molecule has 0 aliphatic rings. The third kappa shape index (κ3) is 3.46. The number of nitro groups is 1. The van der Waals surface area contributed by atoms with Crippen LogP contribution in [-0.4, -0.2) is 17.0 Å². The smallest absolute Gasteiger partial charge is 0.290 e. The van der Waals surface area contributed by atoms with E-state index in [1.807, 2.05) is 0 Å². The molecule has 0 saturated heterocycles. The molecule has 0 N–H and O–H groups in total. The van der Waals surface area contributed by atoms with Crippen LogP contribution in [0.3, 0.4) is 0 Å². The number of hydrogen-bond acceptors (Lipinski definition) is 4. The van der Waals surface area contributed by atoms with Gasteiger partial charge in [0.2, 0.25) is 0 Å². The average molecular weight is 310 g/mol. The first-order valence-corrected chi connectivity index (χ1v) is 6.52. The van der Waals surface area contributed by atoms with E-state index in [9.17, 15) is 14.5 Å². The molecule has 7 heteroatoms. The van der Waals surface area contributed by atoms with Crippen molar-refractivity contribution in [2.24, 2.45) is 0 Å². The first-order valence-electron chi connectivity index (χ1n) is 6.14. The third-order valence-corrected chi connectivity index (χ3v) is 3.43. The van der Waals surface area contributed by atoms with Crippen molar-refractivity contribution in [2.75, 3.05) is 11.9 Å². The molecule has 0 fully saturated rings. The van der Waals surface area contributed by atoms with Crippen LogP contribution >= 0.6 is 11.6 Å². The Morgan fingerprint density at radius 3 is 2.71 bits per heavy atom. The van der Waals surface area contributed by atoms with Gasteiger partial charge in [-0.25, -0.2) is 9.37 Å². The van der Waals surface area contributed by atoms with E-state index in [2.05, 4.69) is 4.98 Å². The van der Waals surface area contributed by atoms with Gasteiger partial charge in [-0.2, -0.15) is 0 Å². The topological polar surface area (TPSA) is 59.3 Å². The first kappa shape index (κ1) is 15.2. The monoisotopic (exact) mass is 309 g/mol. The van der Waals surface area contributed by atoms with E-state index in [-0.39, 0.29) is 5.69 Å². The van der Waals surface area contributed by atoms with Crippen molar-refractivity contribution in [3.63, 3.8) is 0 Å². The molecule has 1 aromatic carbocycles. The van der Waals surface area contributed by atoms with Gasteiger partial charge in [0.1, 0.15) is 17.8 Å². The molecule has 0 aliphatic carbocycles. The number of aryl methyl sites for hydroxylation is 1. The Morgan fingerprint density at radius 2 is 2.14 bits per heavy atom. The number of halogens is 2. The van der Waals surface area contributed by atoms with Crippen molar-refractivity contribution in [3.05, 3.63) is 62.5 Å². The Balaban J connectivity index is 2.22. The zero-order chi connectivity index (χ0) is 15.6. The summed E-state index contributed by atoms with van der Waals surface area (Å²) in [5, 5.41) is 11.1. The number of pyridine rings is 1. The molecule has 1 heterocycles. The highest BCUT2D eigenvalue weighted by Crippen LogP contribution is 2.24. The van der Waals surface area contributed by atoms with Crippen molar-refractivity contribution in [3.8, 4) is 0 Å². The van der Waals surface area contributed by atoms with Crippen LogP contribution in [0.4, 0.5) is 15.9 Å². The van der Waals surface area contributed by atoms with Crippen LogP contribution in [0.2, 0.25) is 5.02 Å². The van der Waals surface area contributed by atoms with Gasteiger partial charge >= 0.3 is 0 Å². The minimum Gasteiger partial charge on any atom is -0.355 e. The maximum absolute atomic E-state index is 13.0. The van der Waals surface area contributed by atoms with Gasteiger partial charge in [-0.15, -0.1) is 0 Å². The molecule has 0 spiro atoms. The number of aromatic nitrogens is 1. The maximum Gasteiger partial charge on any atom is 0.290 e. The second-order valence-corrected chi connectivity index (χ2v) is 5.09. The molecule has 0 atom stereocenters. The zero-order valence-electron chi connectivity index (χ0n) is 11.5. The summed E-state index contributed by atoms with van der Waals surface area (Å²) in [6, 6.07) is 5.82. The lowest BCUT2D eigenvalue weighted by Crippen LogP contribution is -2.18. The molecule has 110 valence electrons. The fourth-order valence-corrected chi connectivity index (χ4v) is 2.15. The Bertz CT molecular complexity index is 694. The Hall–Kier alpha value is -2.21. The Labute approximate surface area is 126 Å². The summed E-state index contributed by atoms with van der Waals surface area (Å²) in [5.41, 5.74) is 1.26. The normalized spacial score (nSPS) is 10.5. The minimum absolute atomic E-state index is 0.0213. The van der Waals surface area contributed by atoms with E-state index in [0.29, 0.717) is 22.9 Å². The van der Waals surface area contributed by atoms with Crippen LogP contribution in [-0.2, 0) is 6.54 Å². The second-order valence-electron chi connectivity index (χ2n) is 4.68. The molecule has 0 unspecified atom stereocenters. The van der Waals surface area contributed by atoms with E-state index in [4.69, 9.17) is 11.6 Å². The molecule has 2 rings (SSSR count). The van der Waals surface area contributed by atoms with Crippen LogP contribution in [0.5, 0.6) is 0 Å². The van der Waals surface area contributed by atoms with Crippen LogP contribution < -0.4 is 4.90 Å². The molecule has 0 bridgehead atoms. The minimum atomic E-state index is -0.469. The molecule has 5 nitrogen and oxygen atoms in total. The maximum atomic E-state index is 13.0. The summed E-state index contributed by atoms with van der Waals surface area (Å²) < 4.78 is 13.0. The summed E-state index contributed by atoms with van der Waals surface area (Å²) in [7, 11) is 1.79. The van der Waals surface area contributed by atoms with Gasteiger partial charge in [-0.3, -0.25) is 10.1 Å². The van der Waals surface area contributed by atoms with Gasteiger partial charge in [0.05, 0.1) is 4.92 Å². The molecule has 21 heavy (non-hydrogen) atoms. The molecular formula is C14H13ClFN3O2. The molecule has 0 saturated carbocycles. The molecular weight excluding hydrogens is 297 g/mol. The predicted molar refractivity (Wildman–Crippen MR) is 79.1 cm³/mol. The van der Waals surface area contributed by atoms with Gasteiger partial charge in [0, 0.05) is 24.2 Å². The molecule has 2 aromatic rings. The van der Waals surface area contributed by atoms with Gasteiger partial charge < -0.3 is 4.90 Å². The summed E-state index contributed by atoms with van der Waals surface area (Å²) >= 11 is 5.98. The lowest BCUT2D eigenvalue weighted by atomic mass is 10.2. The van der Waals surface area contributed by atoms with Crippen LogP contribution in [0.1, 0.15) is 11.1 Å². The van der Waals surface area contributed by atoms with Gasteiger partial charge in [-0.1, -0.05) is 17.7 Å². The molecule has 0 radical (unpaired) electrons. The summed E-state index contributed by atoms with van der Waals surface area (Å²) in [6.45, 7) is 2.07. The van der Waals surface area contributed by atoms with Crippen molar-refractivity contribution in [1.82, 2.24) is 4.98 Å². The van der Waals surface area contributed by atoms with Crippen molar-refractivity contribution in [1.29, 1.82) is 0 Å². The SMILES string of the molecule is Cc1cc(N(C)Cc2ccc(F)cc2Cl)ncc1[N+](=O)[O-]. The summed E-state index contributed by atoms with van der Waals surface area (Å²) in [5.74, 6) is 0.189. The van der Waals surface area contributed by atoms with Crippen LogP contribution in [0.15, 0.2) is 30.5 Å². The predicted octanol–water partition coefficient (Wildman–Crippen LogP) is 3.73. The quantitative estimate of drug-likeness (QED) is 0.638. The van der Waals surface area contributed by atoms with Crippen molar-refractivity contribution >= 4 is 23.1 Å². The fraction of sp³-hybridized carbons (Fsp3) is 0.214. The molecule has 0 amide bonds. The van der Waals surface area contributed by atoms with Gasteiger partial charge in [0.25, 0.3) is 5.69 Å². The van der Waals surface area contributed by atoms with E-state index in [1.165, 1.54) is 18.3 Å². The number of nitrogens with zero attached hydrogens (tertiary/aromatic N) is 3. The number of rotatable bonds is 4. The van der Waals surface area contributed by atoms with Crippen LogP contribution in [0, 0.1) is 22.9 Å². The van der Waals surface area contributed by atoms with Crippen LogP contribution in [0.25, 0.3) is 0 Å². The fourth-order valence-electron chi connectivity index (χ4n) is 1.92. The highest BCUT2D eigenvalue weighted by Gasteiger charge is 2.14. The zero-order valence-corrected chi connectivity index (χ0v) is 12.3. The number of hydrogen-bond donors (Lipinski definition) is 0.